The summed E-state index contributed by atoms with van der Waals surface area (Å²) in [4.78, 5) is 73.1. The minimum atomic E-state index is -4.96. The molecule has 0 aromatic heterocycles. The number of rotatable bonds is 80. The van der Waals surface area contributed by atoms with Crippen molar-refractivity contribution in [2.75, 3.05) is 39.6 Å². The van der Waals surface area contributed by atoms with E-state index in [0.717, 1.165) is 120 Å². The number of esters is 4. The molecule has 0 fully saturated rings. The van der Waals surface area contributed by atoms with Gasteiger partial charge in [-0.25, -0.2) is 9.13 Å². The molecule has 6 atom stereocenters. The molecular formula is C83H162O17P2. The lowest BCUT2D eigenvalue weighted by molar-refractivity contribution is -0.161. The van der Waals surface area contributed by atoms with E-state index >= 15 is 0 Å². The summed E-state index contributed by atoms with van der Waals surface area (Å²) in [6.45, 7) is 14.3. The number of aliphatic hydroxyl groups excluding tert-OH is 1. The second-order valence-corrected chi connectivity index (χ2v) is 34.4. The zero-order chi connectivity index (χ0) is 75.3. The predicted octanol–water partition coefficient (Wildman–Crippen LogP) is 24.8. The van der Waals surface area contributed by atoms with Gasteiger partial charge in [0.25, 0.3) is 0 Å². The molecule has 0 radical (unpaired) electrons. The maximum absolute atomic E-state index is 13.1. The molecule has 0 saturated carbocycles. The van der Waals surface area contributed by atoms with E-state index in [2.05, 4.69) is 55.4 Å². The van der Waals surface area contributed by atoms with Crippen LogP contribution in [0.3, 0.4) is 0 Å². The SMILES string of the molecule is CCC(C)CCCCCCCCC(=O)OC[C@H](COP(=O)(O)OC[C@H](O)COP(=O)(O)OC[C@@H](COC(=O)CCCCCCCCCCCCCCCCCC(C)C)OC(=O)CCCCCCCCCCCCC(C)C)OC(=O)CCCCCCCCCCCCCCCCCCCCC(C)C. The number of phosphoric acid groups is 2. The third kappa shape index (κ3) is 74.9. The second-order valence-electron chi connectivity index (χ2n) is 31.5. The van der Waals surface area contributed by atoms with E-state index in [1.54, 1.807) is 0 Å². The number of carbonyl (C=O) groups excluding carboxylic acids is 4. The number of unbranched alkanes of at least 4 members (excludes halogenated alkanes) is 45. The summed E-state index contributed by atoms with van der Waals surface area (Å²) < 4.78 is 68.8. The number of carbonyl (C=O) groups is 4. The predicted molar refractivity (Wildman–Crippen MR) is 418 cm³/mol. The van der Waals surface area contributed by atoms with E-state index in [1.807, 2.05) is 0 Å². The molecule has 0 spiro atoms. The highest BCUT2D eigenvalue weighted by Gasteiger charge is 2.30. The molecule has 3 unspecified atom stereocenters. The van der Waals surface area contributed by atoms with Crippen molar-refractivity contribution >= 4 is 39.5 Å². The van der Waals surface area contributed by atoms with Crippen LogP contribution in [0.25, 0.3) is 0 Å². The second kappa shape index (κ2) is 72.0. The highest BCUT2D eigenvalue weighted by molar-refractivity contribution is 7.47. The molecule has 0 aromatic rings. The molecule has 0 aliphatic rings. The molecule has 3 N–H and O–H groups in total. The van der Waals surface area contributed by atoms with Crippen LogP contribution in [-0.2, 0) is 65.4 Å². The lowest BCUT2D eigenvalue weighted by atomic mass is 10.00. The molecule has 0 bridgehead atoms. The Morgan fingerprint density at radius 1 is 0.275 bits per heavy atom. The third-order valence-electron chi connectivity index (χ3n) is 19.7. The minimum absolute atomic E-state index is 0.106. The monoisotopic (exact) mass is 1490 g/mol. The summed E-state index contributed by atoms with van der Waals surface area (Å²) in [7, 11) is -9.92. The minimum Gasteiger partial charge on any atom is -0.462 e. The van der Waals surface area contributed by atoms with E-state index < -0.39 is 97.5 Å². The van der Waals surface area contributed by atoms with Crippen molar-refractivity contribution in [3.63, 3.8) is 0 Å². The fourth-order valence-electron chi connectivity index (χ4n) is 12.8. The highest BCUT2D eigenvalue weighted by atomic mass is 31.2. The number of phosphoric ester groups is 2. The van der Waals surface area contributed by atoms with Gasteiger partial charge in [-0.05, 0) is 49.4 Å². The molecule has 0 aromatic carbocycles. The van der Waals surface area contributed by atoms with Crippen LogP contribution in [0.15, 0.2) is 0 Å². The smallest absolute Gasteiger partial charge is 0.462 e. The summed E-state index contributed by atoms with van der Waals surface area (Å²) in [5.41, 5.74) is 0. The number of hydrogen-bond acceptors (Lipinski definition) is 15. The zero-order valence-electron chi connectivity index (χ0n) is 67.2. The van der Waals surface area contributed by atoms with E-state index in [1.165, 1.54) is 225 Å². The molecule has 0 amide bonds. The van der Waals surface area contributed by atoms with E-state index in [-0.39, 0.29) is 25.7 Å². The van der Waals surface area contributed by atoms with Gasteiger partial charge in [0, 0.05) is 25.7 Å². The lowest BCUT2D eigenvalue weighted by Crippen LogP contribution is -2.30. The first-order chi connectivity index (χ1) is 49.1. The van der Waals surface area contributed by atoms with Crippen LogP contribution >= 0.6 is 15.6 Å². The summed E-state index contributed by atoms with van der Waals surface area (Å²) in [6.07, 6.45) is 59.8. The van der Waals surface area contributed by atoms with Crippen LogP contribution in [0.2, 0.25) is 0 Å². The molecule has 102 heavy (non-hydrogen) atoms. The summed E-state index contributed by atoms with van der Waals surface area (Å²) >= 11 is 0. The summed E-state index contributed by atoms with van der Waals surface area (Å²) in [5.74, 6) is 0.996. The molecule has 0 aliphatic carbocycles. The van der Waals surface area contributed by atoms with Crippen molar-refractivity contribution in [3.05, 3.63) is 0 Å². The summed E-state index contributed by atoms with van der Waals surface area (Å²) in [5, 5.41) is 10.6. The Morgan fingerprint density at radius 3 is 0.696 bits per heavy atom. The van der Waals surface area contributed by atoms with Gasteiger partial charge in [0.05, 0.1) is 26.4 Å². The standard InChI is InChI=1S/C83H162O17P2/c1-9-76(8)62-54-46-41-42-48-56-64-81(86)94-70-79(100-82(87)65-57-49-39-33-26-22-17-13-11-10-12-15-19-23-29-35-43-51-59-73(2)3)72-98-102(91,92)96-68-77(84)67-95-101(89,90)97-71-78(99-83(88)66-58-50-40-34-28-27-31-37-45-53-61-75(6)7)69-93-80(85)63-55-47-38-32-25-21-18-14-16-20-24-30-36-44-52-60-74(4)5/h73-79,84H,9-72H2,1-8H3,(H,89,90)(H,91,92)/t76?,77-,78-,79-/m1/s1. The number of aliphatic hydroxyl groups is 1. The molecule has 17 nitrogen and oxygen atoms in total. The van der Waals surface area contributed by atoms with Gasteiger partial charge < -0.3 is 33.8 Å². The lowest BCUT2D eigenvalue weighted by Gasteiger charge is -2.21. The first-order valence-corrected chi connectivity index (χ1v) is 45.7. The van der Waals surface area contributed by atoms with E-state index in [0.29, 0.717) is 25.7 Å². The van der Waals surface area contributed by atoms with Gasteiger partial charge in [0.1, 0.15) is 19.3 Å². The van der Waals surface area contributed by atoms with Crippen molar-refractivity contribution < 1.29 is 80.2 Å². The number of hydrogen-bond donors (Lipinski definition) is 3. The Bertz CT molecular complexity index is 1990. The Balaban J connectivity index is 5.19. The topological polar surface area (TPSA) is 237 Å². The normalized spacial score (nSPS) is 14.3. The van der Waals surface area contributed by atoms with Crippen LogP contribution < -0.4 is 0 Å². The Kier molecular flexibility index (Phi) is 70.6. The molecule has 19 heteroatoms. The zero-order valence-corrected chi connectivity index (χ0v) is 69.0. The van der Waals surface area contributed by atoms with Crippen molar-refractivity contribution in [1.29, 1.82) is 0 Å². The van der Waals surface area contributed by atoms with Crippen LogP contribution in [0, 0.1) is 23.7 Å². The molecule has 0 aliphatic heterocycles. The highest BCUT2D eigenvalue weighted by Crippen LogP contribution is 2.45. The third-order valence-corrected chi connectivity index (χ3v) is 21.6. The van der Waals surface area contributed by atoms with E-state index in [4.69, 9.17) is 37.0 Å². The van der Waals surface area contributed by atoms with Gasteiger partial charge in [-0.3, -0.25) is 37.3 Å². The van der Waals surface area contributed by atoms with Crippen LogP contribution in [0.5, 0.6) is 0 Å². The first kappa shape index (κ1) is 100. The van der Waals surface area contributed by atoms with Gasteiger partial charge in [0.2, 0.25) is 0 Å². The fraction of sp³-hybridized carbons (Fsp3) is 0.952. The van der Waals surface area contributed by atoms with Crippen LogP contribution in [-0.4, -0.2) is 96.7 Å². The van der Waals surface area contributed by atoms with Crippen molar-refractivity contribution in [1.82, 2.24) is 0 Å². The Labute approximate surface area is 626 Å². The molecule has 0 saturated heterocycles. The molecule has 0 rings (SSSR count). The van der Waals surface area contributed by atoms with Crippen molar-refractivity contribution in [3.8, 4) is 0 Å². The largest absolute Gasteiger partial charge is 0.472 e. The van der Waals surface area contributed by atoms with Gasteiger partial charge in [-0.2, -0.15) is 0 Å². The van der Waals surface area contributed by atoms with Gasteiger partial charge in [-0.1, -0.05) is 376 Å². The van der Waals surface area contributed by atoms with Gasteiger partial charge in [0.15, 0.2) is 12.2 Å². The molecule has 0 heterocycles. The first-order valence-electron chi connectivity index (χ1n) is 42.7. The van der Waals surface area contributed by atoms with Gasteiger partial charge in [-0.15, -0.1) is 0 Å². The Hall–Kier alpha value is -1.94. The average Bonchev–Trinajstić information content (AvgIpc) is 0.928. The van der Waals surface area contributed by atoms with Crippen molar-refractivity contribution in [2.45, 2.75) is 446 Å². The maximum Gasteiger partial charge on any atom is 0.472 e. The average molecular weight is 1490 g/mol. The van der Waals surface area contributed by atoms with Crippen molar-refractivity contribution in [2.24, 2.45) is 23.7 Å². The van der Waals surface area contributed by atoms with Crippen LogP contribution in [0.4, 0.5) is 0 Å². The summed E-state index contributed by atoms with van der Waals surface area (Å²) in [6, 6.07) is 0. The quantitative estimate of drug-likeness (QED) is 0.0222. The maximum atomic E-state index is 13.1. The number of ether oxygens (including phenoxy) is 4. The van der Waals surface area contributed by atoms with Crippen LogP contribution in [0.1, 0.15) is 428 Å². The molecule has 606 valence electrons. The Morgan fingerprint density at radius 2 is 0.471 bits per heavy atom. The van der Waals surface area contributed by atoms with E-state index in [9.17, 15) is 43.2 Å². The van der Waals surface area contributed by atoms with Gasteiger partial charge >= 0.3 is 39.5 Å². The fourth-order valence-corrected chi connectivity index (χ4v) is 14.3. The molecular weight excluding hydrogens is 1330 g/mol.